The molecule has 0 radical (unpaired) electrons. The van der Waals surface area contributed by atoms with Crippen molar-refractivity contribution in [1.29, 1.82) is 0 Å². The standard InChI is InChI=1S/C6H15NO3.C3H7NO2S/c8-4-1-7(2-5-9)3-6-10;4-2(1-7)3(5)6/h8-10H,1-6H2;2,7H,1,4H2,(H,5,6)/t;2-/m.0/s1. The van der Waals surface area contributed by atoms with Crippen LogP contribution >= 0.6 is 12.6 Å². The SMILES string of the molecule is N[C@@H](CS)C(=O)O.OCCN(CCO)CCO. The van der Waals surface area contributed by atoms with E-state index >= 15 is 0 Å². The van der Waals surface area contributed by atoms with Gasteiger partial charge in [-0.15, -0.1) is 0 Å². The Labute approximate surface area is 106 Å². The first-order chi connectivity index (χ1) is 8.03. The number of nitrogens with zero attached hydrogens (tertiary/aromatic N) is 1. The van der Waals surface area contributed by atoms with Crippen LogP contribution in [-0.4, -0.2) is 82.5 Å². The fourth-order valence-corrected chi connectivity index (χ4v) is 0.994. The van der Waals surface area contributed by atoms with Crippen LogP contribution in [0, 0.1) is 0 Å². The van der Waals surface area contributed by atoms with E-state index in [1.807, 2.05) is 0 Å². The van der Waals surface area contributed by atoms with Crippen molar-refractivity contribution in [3.63, 3.8) is 0 Å². The summed E-state index contributed by atoms with van der Waals surface area (Å²) in [6, 6.07) is -0.816. The fourth-order valence-electron chi connectivity index (χ4n) is 0.838. The molecule has 0 fully saturated rings. The van der Waals surface area contributed by atoms with Gasteiger partial charge in [-0.3, -0.25) is 9.69 Å². The largest absolute Gasteiger partial charge is 0.480 e. The Balaban J connectivity index is 0. The van der Waals surface area contributed by atoms with Gasteiger partial charge in [-0.25, -0.2) is 0 Å². The highest BCUT2D eigenvalue weighted by Gasteiger charge is 2.06. The summed E-state index contributed by atoms with van der Waals surface area (Å²) < 4.78 is 0. The van der Waals surface area contributed by atoms with Gasteiger partial charge in [0.15, 0.2) is 0 Å². The predicted octanol–water partition coefficient (Wildman–Crippen LogP) is -2.41. The van der Waals surface area contributed by atoms with Gasteiger partial charge >= 0.3 is 5.97 Å². The molecule has 17 heavy (non-hydrogen) atoms. The van der Waals surface area contributed by atoms with Crippen molar-refractivity contribution in [2.24, 2.45) is 5.73 Å². The van der Waals surface area contributed by atoms with Gasteiger partial charge in [0.1, 0.15) is 6.04 Å². The number of aliphatic hydroxyl groups excluding tert-OH is 3. The number of hydrogen-bond acceptors (Lipinski definition) is 7. The number of carboxylic acid groups (broad SMARTS) is 1. The van der Waals surface area contributed by atoms with Crippen LogP contribution < -0.4 is 5.73 Å². The molecule has 1 atom stereocenters. The van der Waals surface area contributed by atoms with Crippen molar-refractivity contribution >= 4 is 18.6 Å². The van der Waals surface area contributed by atoms with E-state index in [0.717, 1.165) is 0 Å². The summed E-state index contributed by atoms with van der Waals surface area (Å²) in [6.45, 7) is 1.75. The van der Waals surface area contributed by atoms with Crippen molar-refractivity contribution in [3.8, 4) is 0 Å². The van der Waals surface area contributed by atoms with Crippen LogP contribution in [0.5, 0.6) is 0 Å². The average molecular weight is 270 g/mol. The van der Waals surface area contributed by atoms with Crippen LogP contribution in [0.1, 0.15) is 0 Å². The van der Waals surface area contributed by atoms with E-state index in [1.54, 1.807) is 4.90 Å². The van der Waals surface area contributed by atoms with E-state index in [4.69, 9.17) is 26.2 Å². The number of rotatable bonds is 8. The second kappa shape index (κ2) is 13.7. The van der Waals surface area contributed by atoms with E-state index in [1.165, 1.54) is 0 Å². The maximum absolute atomic E-state index is 9.76. The van der Waals surface area contributed by atoms with Crippen LogP contribution in [0.4, 0.5) is 0 Å². The molecule has 104 valence electrons. The highest BCUT2D eigenvalue weighted by molar-refractivity contribution is 7.80. The normalized spacial score (nSPS) is 11.9. The van der Waals surface area contributed by atoms with Gasteiger partial charge < -0.3 is 26.2 Å². The first-order valence-electron chi connectivity index (χ1n) is 5.17. The zero-order valence-corrected chi connectivity index (χ0v) is 10.6. The quantitative estimate of drug-likeness (QED) is 0.271. The maximum Gasteiger partial charge on any atom is 0.321 e. The molecule has 0 amide bonds. The second-order valence-corrected chi connectivity index (χ2v) is 3.50. The minimum atomic E-state index is -1.00. The Kier molecular flexibility index (Phi) is 15.3. The average Bonchev–Trinajstić information content (AvgIpc) is 2.30. The summed E-state index contributed by atoms with van der Waals surface area (Å²) in [5, 5.41) is 33.5. The predicted molar refractivity (Wildman–Crippen MR) is 67.2 cm³/mol. The molecule has 6 N–H and O–H groups in total. The molecule has 0 saturated heterocycles. The molecular weight excluding hydrogens is 248 g/mol. The van der Waals surface area contributed by atoms with E-state index in [-0.39, 0.29) is 25.6 Å². The molecule has 0 rings (SSSR count). The molecule has 7 nitrogen and oxygen atoms in total. The topological polar surface area (TPSA) is 127 Å². The van der Waals surface area contributed by atoms with Crippen LogP contribution in [0.3, 0.4) is 0 Å². The van der Waals surface area contributed by atoms with Crippen molar-refractivity contribution in [3.05, 3.63) is 0 Å². The lowest BCUT2D eigenvalue weighted by Gasteiger charge is -2.17. The lowest BCUT2D eigenvalue weighted by atomic mass is 10.4. The molecule has 8 heteroatoms. The number of carbonyl (C=O) groups is 1. The fraction of sp³-hybridized carbons (Fsp3) is 0.889. The smallest absolute Gasteiger partial charge is 0.321 e. The highest BCUT2D eigenvalue weighted by Crippen LogP contribution is 1.84. The van der Waals surface area contributed by atoms with Crippen molar-refractivity contribution in [2.75, 3.05) is 45.2 Å². The minimum Gasteiger partial charge on any atom is -0.480 e. The third-order valence-corrected chi connectivity index (χ3v) is 2.16. The van der Waals surface area contributed by atoms with E-state index in [9.17, 15) is 4.79 Å². The van der Waals surface area contributed by atoms with Gasteiger partial charge in [-0.1, -0.05) is 0 Å². The Morgan fingerprint density at radius 3 is 1.59 bits per heavy atom. The summed E-state index contributed by atoms with van der Waals surface area (Å²) in [4.78, 5) is 11.5. The minimum absolute atomic E-state index is 0.0694. The summed E-state index contributed by atoms with van der Waals surface area (Å²) in [7, 11) is 0. The molecular formula is C9H22N2O5S. The number of carboxylic acids is 1. The van der Waals surface area contributed by atoms with Crippen LogP contribution in [-0.2, 0) is 4.79 Å². The van der Waals surface area contributed by atoms with Gasteiger partial charge in [0, 0.05) is 25.4 Å². The number of aliphatic hydroxyl groups is 3. The number of thiol groups is 1. The van der Waals surface area contributed by atoms with Crippen molar-refractivity contribution in [2.45, 2.75) is 6.04 Å². The first kappa shape index (κ1) is 19.0. The number of nitrogens with two attached hydrogens (primary N) is 1. The van der Waals surface area contributed by atoms with E-state index < -0.39 is 12.0 Å². The van der Waals surface area contributed by atoms with Gasteiger partial charge in [0.25, 0.3) is 0 Å². The second-order valence-electron chi connectivity index (χ2n) is 3.14. The van der Waals surface area contributed by atoms with Crippen LogP contribution in [0.25, 0.3) is 0 Å². The molecule has 0 aromatic rings. The molecule has 0 bridgehead atoms. The first-order valence-corrected chi connectivity index (χ1v) is 5.80. The summed E-state index contributed by atoms with van der Waals surface area (Å²) in [6.07, 6.45) is 0. The Hall–Kier alpha value is -0.380. The van der Waals surface area contributed by atoms with Gasteiger partial charge in [-0.2, -0.15) is 12.6 Å². The Morgan fingerprint density at radius 2 is 1.47 bits per heavy atom. The molecule has 0 aliphatic heterocycles. The third kappa shape index (κ3) is 13.6. The third-order valence-electron chi connectivity index (χ3n) is 1.76. The zero-order valence-electron chi connectivity index (χ0n) is 9.70. The molecule has 0 aliphatic rings. The van der Waals surface area contributed by atoms with Gasteiger partial charge in [-0.05, 0) is 0 Å². The summed E-state index contributed by atoms with van der Waals surface area (Å²) in [5.74, 6) is -0.815. The molecule has 0 unspecified atom stereocenters. The summed E-state index contributed by atoms with van der Waals surface area (Å²) in [5.41, 5.74) is 4.94. The Bertz CT molecular complexity index is 171. The lowest BCUT2D eigenvalue weighted by Crippen LogP contribution is -2.32. The molecule has 0 aliphatic carbocycles. The Morgan fingerprint density at radius 1 is 1.12 bits per heavy atom. The highest BCUT2D eigenvalue weighted by atomic mass is 32.1. The molecule has 0 aromatic carbocycles. The van der Waals surface area contributed by atoms with Crippen molar-refractivity contribution < 1.29 is 25.2 Å². The molecule has 0 aromatic heterocycles. The van der Waals surface area contributed by atoms with Gasteiger partial charge in [0.05, 0.1) is 19.8 Å². The van der Waals surface area contributed by atoms with E-state index in [0.29, 0.717) is 19.6 Å². The van der Waals surface area contributed by atoms with E-state index in [2.05, 4.69) is 12.6 Å². The van der Waals surface area contributed by atoms with Crippen LogP contribution in [0.15, 0.2) is 0 Å². The van der Waals surface area contributed by atoms with Crippen LogP contribution in [0.2, 0.25) is 0 Å². The zero-order chi connectivity index (χ0) is 13.7. The van der Waals surface area contributed by atoms with Crippen molar-refractivity contribution in [1.82, 2.24) is 4.90 Å². The van der Waals surface area contributed by atoms with Gasteiger partial charge in [0.2, 0.25) is 0 Å². The maximum atomic E-state index is 9.76. The monoisotopic (exact) mass is 270 g/mol. The molecule has 0 saturated carbocycles. The lowest BCUT2D eigenvalue weighted by molar-refractivity contribution is -0.137. The summed E-state index contributed by atoms with van der Waals surface area (Å²) >= 11 is 3.65. The molecule has 0 heterocycles. The molecule has 0 spiro atoms. The number of hydrogen-bond donors (Lipinski definition) is 6. The number of aliphatic carboxylic acids is 1.